The second-order valence-corrected chi connectivity index (χ2v) is 5.76. The van der Waals surface area contributed by atoms with Gasteiger partial charge in [-0.05, 0) is 70.8 Å². The summed E-state index contributed by atoms with van der Waals surface area (Å²) in [6.45, 7) is 5.35. The topological polar surface area (TPSA) is 58.9 Å². The van der Waals surface area contributed by atoms with Crippen LogP contribution in [0.2, 0.25) is 0 Å². The van der Waals surface area contributed by atoms with Gasteiger partial charge in [-0.3, -0.25) is 0 Å². The number of hydrogen-bond donors (Lipinski definition) is 1. The third-order valence-corrected chi connectivity index (χ3v) is 4.09. The van der Waals surface area contributed by atoms with Gasteiger partial charge in [0.2, 0.25) is 0 Å². The molecule has 0 saturated carbocycles. The molecule has 0 atom stereocenters. The van der Waals surface area contributed by atoms with E-state index in [9.17, 15) is 10.0 Å². The van der Waals surface area contributed by atoms with Crippen molar-refractivity contribution in [3.63, 3.8) is 0 Å². The van der Waals surface area contributed by atoms with Crippen molar-refractivity contribution in [3.8, 4) is 22.6 Å². The molecule has 0 unspecified atom stereocenters. The van der Waals surface area contributed by atoms with E-state index in [1.807, 2.05) is 31.2 Å². The minimum Gasteiger partial charge on any atom is -0.508 e. The average molecular weight is 356 g/mol. The van der Waals surface area contributed by atoms with Crippen molar-refractivity contribution in [1.29, 1.82) is 0 Å². The molecule has 2 rings (SSSR count). The highest BCUT2D eigenvalue weighted by atomic mass is 35.5. The molecule has 0 aliphatic rings. The van der Waals surface area contributed by atoms with Crippen molar-refractivity contribution >= 4 is 17.2 Å². The van der Waals surface area contributed by atoms with Gasteiger partial charge in [0.1, 0.15) is 17.2 Å². The number of rotatable bonds is 6. The van der Waals surface area contributed by atoms with Crippen LogP contribution in [0, 0.1) is 4.91 Å². The normalized spacial score (nSPS) is 12.0. The second kappa shape index (κ2) is 8.31. The molecule has 0 spiro atoms. The molecule has 1 N–H and O–H groups in total. The molecular weight excluding hydrogens is 338 g/mol. The van der Waals surface area contributed by atoms with Crippen LogP contribution in [0.25, 0.3) is 16.7 Å². The molecule has 0 amide bonds. The molecule has 0 heterocycles. The summed E-state index contributed by atoms with van der Waals surface area (Å²) in [6, 6.07) is 12.6. The van der Waals surface area contributed by atoms with Gasteiger partial charge in [0.15, 0.2) is 0 Å². The van der Waals surface area contributed by atoms with Gasteiger partial charge in [0, 0.05) is 5.03 Å². The predicted octanol–water partition coefficient (Wildman–Crippen LogP) is 5.87. The average Bonchev–Trinajstić information content (AvgIpc) is 2.64. The van der Waals surface area contributed by atoms with Crippen LogP contribution < -0.4 is 4.74 Å². The minimum atomic E-state index is 0.0878. The molecule has 25 heavy (non-hydrogen) atoms. The Morgan fingerprint density at radius 3 is 2.64 bits per heavy atom. The van der Waals surface area contributed by atoms with Crippen LogP contribution in [-0.2, 0) is 0 Å². The zero-order valence-corrected chi connectivity index (χ0v) is 14.7. The lowest BCUT2D eigenvalue weighted by molar-refractivity contribution is 0.414. The zero-order chi connectivity index (χ0) is 18.4. The fourth-order valence-electron chi connectivity index (χ4n) is 2.34. The van der Waals surface area contributed by atoms with E-state index in [-0.39, 0.29) is 11.4 Å². The molecule has 0 fully saturated rings. The van der Waals surface area contributed by atoms with E-state index in [2.05, 4.69) is 11.8 Å². The highest BCUT2D eigenvalue weighted by Crippen LogP contribution is 2.35. The number of aromatic hydroxyl groups is 1. The van der Waals surface area contributed by atoms with Gasteiger partial charge < -0.3 is 9.84 Å². The fraction of sp³-hybridized carbons (Fsp3) is 0.100. The van der Waals surface area contributed by atoms with E-state index in [4.69, 9.17) is 16.3 Å². The largest absolute Gasteiger partial charge is 0.508 e. The Kier molecular flexibility index (Phi) is 6.14. The van der Waals surface area contributed by atoms with Crippen LogP contribution in [-0.4, -0.2) is 12.2 Å². The van der Waals surface area contributed by atoms with E-state index in [0.29, 0.717) is 10.8 Å². The Labute approximate surface area is 151 Å². The maximum absolute atomic E-state index is 10.4. The number of nitroso groups, excluding NO2 is 1. The van der Waals surface area contributed by atoms with Gasteiger partial charge in [-0.15, -0.1) is 4.91 Å². The summed E-state index contributed by atoms with van der Waals surface area (Å²) in [5.74, 6) is 0.867. The minimum absolute atomic E-state index is 0.0878. The maximum atomic E-state index is 10.4. The third-order valence-electron chi connectivity index (χ3n) is 3.69. The van der Waals surface area contributed by atoms with Gasteiger partial charge >= 0.3 is 0 Å². The molecule has 0 aliphatic carbocycles. The summed E-state index contributed by atoms with van der Waals surface area (Å²) in [6.07, 6.45) is 3.03. The van der Waals surface area contributed by atoms with Crippen LogP contribution in [0.15, 0.2) is 77.1 Å². The summed E-state index contributed by atoms with van der Waals surface area (Å²) < 4.78 is 5.31. The van der Waals surface area contributed by atoms with Crippen LogP contribution in [0.3, 0.4) is 0 Å². The number of nitrogens with zero attached hydrogens (tertiary/aromatic N) is 1. The quantitative estimate of drug-likeness (QED) is 0.520. The molecule has 5 heteroatoms. The first kappa shape index (κ1) is 18.5. The SMILES string of the molecule is C=C(C=CC(Cl)=C(C)c1cc(OC)ccc1-c1cccc(O)c1)N=O. The number of methoxy groups -OCH3 is 1. The lowest BCUT2D eigenvalue weighted by Gasteiger charge is -2.13. The van der Waals surface area contributed by atoms with Crippen molar-refractivity contribution < 1.29 is 9.84 Å². The first-order valence-corrected chi connectivity index (χ1v) is 7.88. The summed E-state index contributed by atoms with van der Waals surface area (Å²) in [5, 5.41) is 12.9. The maximum Gasteiger partial charge on any atom is 0.119 e. The highest BCUT2D eigenvalue weighted by Gasteiger charge is 2.11. The number of phenols is 1. The van der Waals surface area contributed by atoms with E-state index in [0.717, 1.165) is 22.3 Å². The third kappa shape index (κ3) is 4.58. The van der Waals surface area contributed by atoms with Crippen LogP contribution >= 0.6 is 11.6 Å². The Morgan fingerprint density at radius 1 is 1.24 bits per heavy atom. The van der Waals surface area contributed by atoms with E-state index >= 15 is 0 Å². The van der Waals surface area contributed by atoms with Gasteiger partial charge in [0.25, 0.3) is 0 Å². The Morgan fingerprint density at radius 2 is 2.00 bits per heavy atom. The molecule has 0 aliphatic heterocycles. The Balaban J connectivity index is 2.59. The van der Waals surface area contributed by atoms with Crippen molar-refractivity contribution in [2.45, 2.75) is 6.92 Å². The lowest BCUT2D eigenvalue weighted by atomic mass is 9.94. The molecule has 128 valence electrons. The monoisotopic (exact) mass is 355 g/mol. The summed E-state index contributed by atoms with van der Waals surface area (Å²) in [5.41, 5.74) is 3.47. The standard InChI is InChI=1S/C20H18ClNO3/c1-13(22-24)7-10-20(21)14(2)19-12-17(25-3)8-9-18(19)15-5-4-6-16(23)11-15/h4-12,23H,1H2,2-3H3. The molecule has 4 nitrogen and oxygen atoms in total. The molecule has 0 bridgehead atoms. The Hall–Kier alpha value is -2.85. The van der Waals surface area contributed by atoms with E-state index in [1.165, 1.54) is 6.08 Å². The van der Waals surface area contributed by atoms with E-state index in [1.54, 1.807) is 31.4 Å². The van der Waals surface area contributed by atoms with Gasteiger partial charge in [-0.25, -0.2) is 0 Å². The van der Waals surface area contributed by atoms with Gasteiger partial charge in [-0.1, -0.05) is 36.4 Å². The van der Waals surface area contributed by atoms with Crippen LogP contribution in [0.1, 0.15) is 12.5 Å². The summed E-state index contributed by atoms with van der Waals surface area (Å²) in [7, 11) is 1.59. The highest BCUT2D eigenvalue weighted by molar-refractivity contribution is 6.34. The van der Waals surface area contributed by atoms with Crippen molar-refractivity contribution in [2.75, 3.05) is 7.11 Å². The Bertz CT molecular complexity index is 869. The predicted molar refractivity (Wildman–Crippen MR) is 103 cm³/mol. The summed E-state index contributed by atoms with van der Waals surface area (Å²) in [4.78, 5) is 10.4. The molecular formula is C20H18ClNO3. The number of ether oxygens (including phenoxy) is 1. The fourth-order valence-corrected chi connectivity index (χ4v) is 2.50. The zero-order valence-electron chi connectivity index (χ0n) is 14.0. The van der Waals surface area contributed by atoms with Gasteiger partial charge in [-0.2, -0.15) is 0 Å². The first-order chi connectivity index (χ1) is 12.0. The molecule has 2 aromatic carbocycles. The number of halogens is 1. The smallest absolute Gasteiger partial charge is 0.119 e. The molecule has 2 aromatic rings. The summed E-state index contributed by atoms with van der Waals surface area (Å²) >= 11 is 6.37. The van der Waals surface area contributed by atoms with Crippen LogP contribution in [0.5, 0.6) is 11.5 Å². The van der Waals surface area contributed by atoms with Crippen molar-refractivity contribution in [2.24, 2.45) is 5.18 Å². The lowest BCUT2D eigenvalue weighted by Crippen LogP contribution is -1.92. The second-order valence-electron chi connectivity index (χ2n) is 5.35. The number of hydrogen-bond acceptors (Lipinski definition) is 4. The first-order valence-electron chi connectivity index (χ1n) is 7.50. The van der Waals surface area contributed by atoms with Crippen molar-refractivity contribution in [3.05, 3.63) is 82.4 Å². The number of allylic oxidation sites excluding steroid dienone is 4. The van der Waals surface area contributed by atoms with Crippen LogP contribution in [0.4, 0.5) is 0 Å². The number of phenolic OH excluding ortho intramolecular Hbond substituents is 1. The van der Waals surface area contributed by atoms with Crippen molar-refractivity contribution in [1.82, 2.24) is 0 Å². The number of benzene rings is 2. The molecule has 0 saturated heterocycles. The molecule has 0 aromatic heterocycles. The molecule has 0 radical (unpaired) electrons. The van der Waals surface area contributed by atoms with E-state index < -0.39 is 0 Å². The van der Waals surface area contributed by atoms with Gasteiger partial charge in [0.05, 0.1) is 7.11 Å².